The Hall–Kier alpha value is -4.51. The molecular weight excluding hydrogens is 462 g/mol. The average molecular weight is 485 g/mol. The van der Waals surface area contributed by atoms with E-state index in [0.29, 0.717) is 16.0 Å². The fourth-order valence-electron chi connectivity index (χ4n) is 4.44. The highest BCUT2D eigenvalue weighted by atomic mass is 19.1. The first-order chi connectivity index (χ1) is 17.2. The zero-order valence-electron chi connectivity index (χ0n) is 19.9. The fourth-order valence-corrected chi connectivity index (χ4v) is 4.44. The number of pyridine rings is 1. The third-order valence-electron chi connectivity index (χ3n) is 6.66. The lowest BCUT2D eigenvalue weighted by atomic mass is 9.85. The van der Waals surface area contributed by atoms with Crippen molar-refractivity contribution >= 4 is 28.7 Å². The van der Waals surface area contributed by atoms with E-state index in [9.17, 15) is 9.59 Å². The summed E-state index contributed by atoms with van der Waals surface area (Å²) < 4.78 is 32.1. The SMILES string of the molecule is CN1C(=O)N(c2c(F)cc(C#Cc3ccccc3)cc2F)C(=O)CC1(C)c1cnc2c(ccn2C)c1. The summed E-state index contributed by atoms with van der Waals surface area (Å²) in [4.78, 5) is 32.9. The first kappa shape index (κ1) is 23.2. The van der Waals surface area contributed by atoms with Crippen molar-refractivity contribution in [2.24, 2.45) is 7.05 Å². The van der Waals surface area contributed by atoms with Crippen LogP contribution < -0.4 is 4.90 Å². The average Bonchev–Trinajstić information content (AvgIpc) is 3.23. The van der Waals surface area contributed by atoms with Gasteiger partial charge in [-0.05, 0) is 48.9 Å². The number of imide groups is 1. The first-order valence-corrected chi connectivity index (χ1v) is 11.3. The van der Waals surface area contributed by atoms with E-state index in [2.05, 4.69) is 16.8 Å². The van der Waals surface area contributed by atoms with Gasteiger partial charge >= 0.3 is 6.03 Å². The Morgan fingerprint density at radius 2 is 1.61 bits per heavy atom. The second-order valence-corrected chi connectivity index (χ2v) is 8.99. The van der Waals surface area contributed by atoms with Crippen molar-refractivity contribution in [3.8, 4) is 11.8 Å². The molecule has 0 spiro atoms. The number of hydrogen-bond donors (Lipinski definition) is 0. The molecule has 0 N–H and O–H groups in total. The molecule has 3 heterocycles. The summed E-state index contributed by atoms with van der Waals surface area (Å²) in [7, 11) is 3.38. The summed E-state index contributed by atoms with van der Waals surface area (Å²) in [6.07, 6.45) is 3.31. The van der Waals surface area contributed by atoms with E-state index in [1.807, 2.05) is 36.0 Å². The number of urea groups is 1. The number of nitrogens with zero attached hydrogens (tertiary/aromatic N) is 4. The predicted octanol–water partition coefficient (Wildman–Crippen LogP) is 4.96. The van der Waals surface area contributed by atoms with Gasteiger partial charge in [0.15, 0.2) is 11.6 Å². The number of aromatic nitrogens is 2. The summed E-state index contributed by atoms with van der Waals surface area (Å²) >= 11 is 0. The van der Waals surface area contributed by atoms with E-state index in [1.165, 1.54) is 11.9 Å². The second-order valence-electron chi connectivity index (χ2n) is 8.99. The van der Waals surface area contributed by atoms with Crippen LogP contribution in [0.5, 0.6) is 0 Å². The molecule has 2 aromatic carbocycles. The molecule has 6 nitrogen and oxygen atoms in total. The molecule has 1 fully saturated rings. The van der Waals surface area contributed by atoms with Crippen LogP contribution in [0.3, 0.4) is 0 Å². The van der Waals surface area contributed by atoms with Crippen molar-refractivity contribution in [2.45, 2.75) is 18.9 Å². The summed E-state index contributed by atoms with van der Waals surface area (Å²) in [6.45, 7) is 1.74. The third kappa shape index (κ3) is 3.79. The summed E-state index contributed by atoms with van der Waals surface area (Å²) in [5, 5.41) is 0.858. The number of anilines is 1. The Bertz CT molecular complexity index is 1560. The molecular formula is C28H22F2N4O2. The number of halogens is 2. The Morgan fingerprint density at radius 3 is 2.31 bits per heavy atom. The molecule has 0 aliphatic carbocycles. The maximum Gasteiger partial charge on any atom is 0.332 e. The molecule has 1 saturated heterocycles. The highest BCUT2D eigenvalue weighted by Gasteiger charge is 2.48. The molecule has 36 heavy (non-hydrogen) atoms. The summed E-state index contributed by atoms with van der Waals surface area (Å²) in [6, 6.07) is 14.0. The number of benzene rings is 2. The molecule has 8 heteroatoms. The van der Waals surface area contributed by atoms with Gasteiger partial charge in [-0.25, -0.2) is 23.5 Å². The van der Waals surface area contributed by atoms with Crippen LogP contribution in [0.4, 0.5) is 19.3 Å². The third-order valence-corrected chi connectivity index (χ3v) is 6.66. The van der Waals surface area contributed by atoms with Crippen LogP contribution in [0.1, 0.15) is 30.0 Å². The molecule has 1 unspecified atom stereocenters. The largest absolute Gasteiger partial charge is 0.336 e. The minimum Gasteiger partial charge on any atom is -0.336 e. The monoisotopic (exact) mass is 484 g/mol. The lowest BCUT2D eigenvalue weighted by Gasteiger charge is -2.45. The predicted molar refractivity (Wildman–Crippen MR) is 132 cm³/mol. The van der Waals surface area contributed by atoms with Crippen LogP contribution in [0.25, 0.3) is 11.0 Å². The smallest absolute Gasteiger partial charge is 0.332 e. The molecule has 1 aliphatic rings. The molecule has 4 aromatic rings. The zero-order chi connectivity index (χ0) is 25.6. The molecule has 0 saturated carbocycles. The summed E-state index contributed by atoms with van der Waals surface area (Å²) in [5.41, 5.74) is 0.441. The topological polar surface area (TPSA) is 58.4 Å². The molecule has 1 aliphatic heterocycles. The number of carbonyl (C=O) groups is 2. The van der Waals surface area contributed by atoms with Gasteiger partial charge in [0.1, 0.15) is 11.3 Å². The Kier molecular flexibility index (Phi) is 5.56. The number of carbonyl (C=O) groups excluding carboxylic acids is 2. The van der Waals surface area contributed by atoms with Gasteiger partial charge in [-0.2, -0.15) is 0 Å². The minimum absolute atomic E-state index is 0.0925. The van der Waals surface area contributed by atoms with E-state index < -0.39 is 34.8 Å². The number of rotatable bonds is 2. The van der Waals surface area contributed by atoms with Gasteiger partial charge < -0.3 is 9.47 Å². The van der Waals surface area contributed by atoms with E-state index in [-0.39, 0.29) is 12.0 Å². The molecule has 5 rings (SSSR count). The maximum atomic E-state index is 15.1. The van der Waals surface area contributed by atoms with Crippen LogP contribution >= 0.6 is 0 Å². The Balaban J connectivity index is 1.48. The fraction of sp³-hybridized carbons (Fsp3) is 0.179. The number of fused-ring (bicyclic) bond motifs is 1. The van der Waals surface area contributed by atoms with Crippen LogP contribution in [0.15, 0.2) is 67.0 Å². The lowest BCUT2D eigenvalue weighted by Crippen LogP contribution is -2.60. The Morgan fingerprint density at radius 1 is 0.944 bits per heavy atom. The summed E-state index contributed by atoms with van der Waals surface area (Å²) in [5.74, 6) is 2.75. The number of hydrogen-bond acceptors (Lipinski definition) is 3. The first-order valence-electron chi connectivity index (χ1n) is 11.3. The molecule has 0 bridgehead atoms. The van der Waals surface area contributed by atoms with Crippen LogP contribution in [-0.2, 0) is 17.4 Å². The number of amides is 3. The lowest BCUT2D eigenvalue weighted by molar-refractivity contribution is -0.122. The van der Waals surface area contributed by atoms with E-state index >= 15 is 8.78 Å². The molecule has 1 atom stereocenters. The number of aryl methyl sites for hydroxylation is 1. The highest BCUT2D eigenvalue weighted by molar-refractivity contribution is 6.16. The second kappa shape index (κ2) is 8.61. The van der Waals surface area contributed by atoms with Gasteiger partial charge in [0.05, 0.1) is 12.0 Å². The van der Waals surface area contributed by atoms with Crippen molar-refractivity contribution in [1.82, 2.24) is 14.5 Å². The van der Waals surface area contributed by atoms with Crippen molar-refractivity contribution in [1.29, 1.82) is 0 Å². The minimum atomic E-state index is -1.05. The standard InChI is InChI=1S/C28H22F2N4O2/c1-28(21-15-20-11-12-32(2)26(20)31-17-21)16-24(35)34(27(36)33(28)3)25-22(29)13-19(14-23(25)30)10-9-18-7-5-4-6-8-18/h4-8,11-15,17H,16H2,1-3H3. The molecule has 3 amide bonds. The molecule has 2 aromatic heterocycles. The van der Waals surface area contributed by atoms with E-state index in [4.69, 9.17) is 0 Å². The van der Waals surface area contributed by atoms with E-state index in [1.54, 1.807) is 37.4 Å². The van der Waals surface area contributed by atoms with Crippen molar-refractivity contribution in [3.63, 3.8) is 0 Å². The van der Waals surface area contributed by atoms with Crippen molar-refractivity contribution in [2.75, 3.05) is 11.9 Å². The van der Waals surface area contributed by atoms with Crippen LogP contribution in [0.2, 0.25) is 0 Å². The zero-order valence-corrected chi connectivity index (χ0v) is 19.9. The molecule has 0 radical (unpaired) electrons. The molecule has 180 valence electrons. The highest BCUT2D eigenvalue weighted by Crippen LogP contribution is 2.39. The Labute approximate surface area is 206 Å². The van der Waals surface area contributed by atoms with Gasteiger partial charge in [0.25, 0.3) is 0 Å². The van der Waals surface area contributed by atoms with Crippen LogP contribution in [-0.4, -0.2) is 33.4 Å². The van der Waals surface area contributed by atoms with Crippen LogP contribution in [0, 0.1) is 23.5 Å². The maximum absolute atomic E-state index is 15.1. The van der Waals surface area contributed by atoms with Crippen molar-refractivity contribution in [3.05, 3.63) is 95.3 Å². The van der Waals surface area contributed by atoms with Gasteiger partial charge in [0.2, 0.25) is 5.91 Å². The van der Waals surface area contributed by atoms with E-state index in [0.717, 1.165) is 23.2 Å². The van der Waals surface area contributed by atoms with Gasteiger partial charge in [-0.3, -0.25) is 4.79 Å². The quantitative estimate of drug-likeness (QED) is 0.378. The van der Waals surface area contributed by atoms with Gasteiger partial charge in [-0.15, -0.1) is 0 Å². The van der Waals surface area contributed by atoms with Gasteiger partial charge in [-0.1, -0.05) is 30.0 Å². The van der Waals surface area contributed by atoms with Gasteiger partial charge in [0, 0.05) is 43.0 Å². The van der Waals surface area contributed by atoms with Crippen molar-refractivity contribution < 1.29 is 18.4 Å². The normalized spacial score (nSPS) is 17.9.